The lowest BCUT2D eigenvalue weighted by Gasteiger charge is -2.03. The van der Waals surface area contributed by atoms with Gasteiger partial charge in [0.2, 0.25) is 0 Å². The number of ketones is 1. The van der Waals surface area contributed by atoms with Crippen LogP contribution in [0.15, 0.2) is 22.7 Å². The van der Waals surface area contributed by atoms with E-state index in [0.717, 1.165) is 15.6 Å². The van der Waals surface area contributed by atoms with Gasteiger partial charge in [-0.15, -0.1) is 11.6 Å². The third-order valence-corrected chi connectivity index (χ3v) is 3.46. The summed E-state index contributed by atoms with van der Waals surface area (Å²) in [5.41, 5.74) is 2.05. The van der Waals surface area contributed by atoms with E-state index >= 15 is 0 Å². The minimum absolute atomic E-state index is 0.176. The number of hydrogen-bond donors (Lipinski definition) is 0. The van der Waals surface area contributed by atoms with Crippen LogP contribution in [0.1, 0.15) is 11.1 Å². The molecule has 0 spiro atoms. The van der Waals surface area contributed by atoms with Gasteiger partial charge < -0.3 is 0 Å². The summed E-state index contributed by atoms with van der Waals surface area (Å²) in [4.78, 5) is 11.2. The van der Waals surface area contributed by atoms with E-state index in [2.05, 4.69) is 31.9 Å². The predicted octanol–water partition coefficient (Wildman–Crippen LogP) is 3.69. The Labute approximate surface area is 105 Å². The van der Waals surface area contributed by atoms with E-state index in [4.69, 9.17) is 11.6 Å². The Bertz CT molecular complexity index is 339. The Kier molecular flexibility index (Phi) is 5.13. The second-order valence-corrected chi connectivity index (χ2v) is 4.59. The number of rotatable bonds is 4. The molecule has 0 aliphatic rings. The lowest BCUT2D eigenvalue weighted by molar-refractivity contribution is -0.115. The topological polar surface area (TPSA) is 17.1 Å². The van der Waals surface area contributed by atoms with Crippen molar-refractivity contribution in [3.8, 4) is 0 Å². The Morgan fingerprint density at radius 1 is 1.43 bits per heavy atom. The van der Waals surface area contributed by atoms with E-state index in [-0.39, 0.29) is 5.78 Å². The first-order valence-corrected chi connectivity index (χ1v) is 6.53. The highest BCUT2D eigenvalue weighted by atomic mass is 79.9. The molecule has 0 aliphatic heterocycles. The van der Waals surface area contributed by atoms with Gasteiger partial charge in [-0.2, -0.15) is 0 Å². The van der Waals surface area contributed by atoms with Gasteiger partial charge in [0.1, 0.15) is 5.78 Å². The van der Waals surface area contributed by atoms with Crippen LogP contribution in [-0.4, -0.2) is 11.1 Å². The van der Waals surface area contributed by atoms with Crippen LogP contribution in [0.5, 0.6) is 0 Å². The predicted molar refractivity (Wildman–Crippen MR) is 66.2 cm³/mol. The van der Waals surface area contributed by atoms with Crippen LogP contribution in [0.25, 0.3) is 0 Å². The van der Waals surface area contributed by atoms with Crippen molar-refractivity contribution in [2.75, 3.05) is 5.33 Å². The van der Waals surface area contributed by atoms with Crippen molar-refractivity contribution in [3.05, 3.63) is 33.8 Å². The maximum Gasteiger partial charge on any atom is 0.147 e. The molecule has 76 valence electrons. The first-order valence-electron chi connectivity index (χ1n) is 4.08. The molecule has 1 aromatic carbocycles. The highest BCUT2D eigenvalue weighted by Crippen LogP contribution is 2.20. The van der Waals surface area contributed by atoms with Gasteiger partial charge in [0.05, 0.1) is 5.33 Å². The van der Waals surface area contributed by atoms with E-state index in [1.54, 1.807) is 0 Å². The number of Topliss-reactive ketones (excluding diaryl/α,β-unsaturated/α-hetero) is 1. The second-order valence-electron chi connectivity index (χ2n) is 2.91. The van der Waals surface area contributed by atoms with Crippen molar-refractivity contribution < 1.29 is 4.79 Å². The number of hydrogen-bond acceptors (Lipinski definition) is 1. The Morgan fingerprint density at radius 2 is 2.14 bits per heavy atom. The summed E-state index contributed by atoms with van der Waals surface area (Å²) in [5, 5.41) is 0.405. The monoisotopic (exact) mass is 338 g/mol. The zero-order valence-corrected chi connectivity index (χ0v) is 11.3. The van der Waals surface area contributed by atoms with E-state index in [0.29, 0.717) is 17.6 Å². The lowest BCUT2D eigenvalue weighted by atomic mass is 10.1. The number of carbonyl (C=O) groups is 1. The number of alkyl halides is 2. The molecule has 0 atom stereocenters. The van der Waals surface area contributed by atoms with Crippen LogP contribution in [0, 0.1) is 0 Å². The molecule has 0 N–H and O–H groups in total. The Morgan fingerprint density at radius 3 is 2.64 bits per heavy atom. The summed E-state index contributed by atoms with van der Waals surface area (Å²) in [5.74, 6) is 0.656. The van der Waals surface area contributed by atoms with Crippen LogP contribution in [0.2, 0.25) is 0 Å². The minimum atomic E-state index is 0.176. The molecule has 4 heteroatoms. The highest BCUT2D eigenvalue weighted by Gasteiger charge is 2.04. The molecule has 0 fully saturated rings. The lowest BCUT2D eigenvalue weighted by Crippen LogP contribution is -2.03. The first kappa shape index (κ1) is 12.2. The minimum Gasteiger partial charge on any atom is -0.298 e. The van der Waals surface area contributed by atoms with Gasteiger partial charge in [0.25, 0.3) is 0 Å². The van der Waals surface area contributed by atoms with E-state index < -0.39 is 0 Å². The van der Waals surface area contributed by atoms with Crippen LogP contribution in [-0.2, 0) is 17.1 Å². The van der Waals surface area contributed by atoms with Crippen LogP contribution in [0.4, 0.5) is 0 Å². The molecule has 14 heavy (non-hydrogen) atoms. The van der Waals surface area contributed by atoms with Crippen LogP contribution < -0.4 is 0 Å². The Hall–Kier alpha value is 0.140. The van der Waals surface area contributed by atoms with E-state index in [1.165, 1.54) is 0 Å². The van der Waals surface area contributed by atoms with Gasteiger partial charge in [-0.25, -0.2) is 0 Å². The molecule has 0 aliphatic carbocycles. The maximum absolute atomic E-state index is 11.2. The third-order valence-electron chi connectivity index (χ3n) is 1.81. The summed E-state index contributed by atoms with van der Waals surface area (Å²) in [6.45, 7) is 0. The van der Waals surface area contributed by atoms with Crippen molar-refractivity contribution in [2.24, 2.45) is 0 Å². The summed E-state index contributed by atoms with van der Waals surface area (Å²) in [7, 11) is 0. The van der Waals surface area contributed by atoms with Crippen molar-refractivity contribution >= 4 is 49.2 Å². The van der Waals surface area contributed by atoms with Crippen molar-refractivity contribution in [1.29, 1.82) is 0 Å². The Balaban J connectivity index is 2.81. The zero-order chi connectivity index (χ0) is 10.6. The van der Waals surface area contributed by atoms with Crippen LogP contribution in [0.3, 0.4) is 0 Å². The smallest absolute Gasteiger partial charge is 0.147 e. The standard InChI is InChI=1S/C10H9Br2ClO/c11-5-9(14)3-7-1-2-8(6-13)10(12)4-7/h1-2,4H,3,5-6H2. The van der Waals surface area contributed by atoms with E-state index in [1.807, 2.05) is 18.2 Å². The van der Waals surface area contributed by atoms with Crippen LogP contribution >= 0.6 is 43.5 Å². The van der Waals surface area contributed by atoms with Gasteiger partial charge in [0, 0.05) is 16.8 Å². The molecule has 1 nitrogen and oxygen atoms in total. The number of halogens is 3. The molecule has 0 heterocycles. The van der Waals surface area contributed by atoms with Crippen molar-refractivity contribution in [3.63, 3.8) is 0 Å². The fraction of sp³-hybridized carbons (Fsp3) is 0.300. The molecule has 0 bridgehead atoms. The fourth-order valence-electron chi connectivity index (χ4n) is 1.08. The van der Waals surface area contributed by atoms with Gasteiger partial charge in [-0.05, 0) is 17.2 Å². The largest absolute Gasteiger partial charge is 0.298 e. The number of carbonyl (C=O) groups excluding carboxylic acids is 1. The van der Waals surface area contributed by atoms with E-state index in [9.17, 15) is 4.79 Å². The average molecular weight is 340 g/mol. The normalized spacial score (nSPS) is 10.2. The SMILES string of the molecule is O=C(CBr)Cc1ccc(CCl)c(Br)c1. The van der Waals surface area contributed by atoms with Gasteiger partial charge >= 0.3 is 0 Å². The van der Waals surface area contributed by atoms with Gasteiger partial charge in [-0.3, -0.25) is 4.79 Å². The summed E-state index contributed by atoms with van der Waals surface area (Å²) >= 11 is 12.3. The molecule has 0 aromatic heterocycles. The third kappa shape index (κ3) is 3.37. The quantitative estimate of drug-likeness (QED) is 0.764. The number of benzene rings is 1. The maximum atomic E-state index is 11.2. The molecule has 0 saturated carbocycles. The second kappa shape index (κ2) is 5.89. The molecule has 1 aromatic rings. The van der Waals surface area contributed by atoms with Gasteiger partial charge in [-0.1, -0.05) is 44.0 Å². The molecular formula is C10H9Br2ClO. The highest BCUT2D eigenvalue weighted by molar-refractivity contribution is 9.10. The van der Waals surface area contributed by atoms with Crippen molar-refractivity contribution in [1.82, 2.24) is 0 Å². The molecule has 0 amide bonds. The first-order chi connectivity index (χ1) is 6.67. The zero-order valence-electron chi connectivity index (χ0n) is 7.40. The molecule has 0 saturated heterocycles. The summed E-state index contributed by atoms with van der Waals surface area (Å²) in [6.07, 6.45) is 0.465. The molecule has 0 unspecified atom stereocenters. The van der Waals surface area contributed by atoms with Gasteiger partial charge in [0.15, 0.2) is 0 Å². The van der Waals surface area contributed by atoms with Crippen molar-refractivity contribution in [2.45, 2.75) is 12.3 Å². The summed E-state index contributed by atoms with van der Waals surface area (Å²) < 4.78 is 0.965. The summed E-state index contributed by atoms with van der Waals surface area (Å²) in [6, 6.07) is 5.81. The average Bonchev–Trinajstić information content (AvgIpc) is 2.18. The molecular weight excluding hydrogens is 331 g/mol. The fourth-order valence-corrected chi connectivity index (χ4v) is 2.24. The molecule has 0 radical (unpaired) electrons. The molecule has 1 rings (SSSR count).